The summed E-state index contributed by atoms with van der Waals surface area (Å²) in [6.45, 7) is 4.33. The Labute approximate surface area is 241 Å². The molecule has 0 spiro atoms. The molecule has 40 heavy (non-hydrogen) atoms. The molecule has 1 aromatic rings. The fourth-order valence-corrected chi connectivity index (χ4v) is 7.32. The summed E-state index contributed by atoms with van der Waals surface area (Å²) in [6, 6.07) is 4.31. The maximum atomic E-state index is 12.9. The van der Waals surface area contributed by atoms with Crippen LogP contribution in [0.25, 0.3) is 0 Å². The molecule has 1 aliphatic carbocycles. The van der Waals surface area contributed by atoms with Crippen LogP contribution in [0.4, 0.5) is 0 Å². The monoisotopic (exact) mass is 553 g/mol. The molecule has 0 amide bonds. The maximum absolute atomic E-state index is 12.9. The fourth-order valence-electron chi connectivity index (χ4n) is 7.32. The lowest BCUT2D eigenvalue weighted by atomic mass is 9.73. The van der Waals surface area contributed by atoms with E-state index >= 15 is 0 Å². The average molecular weight is 554 g/mol. The van der Waals surface area contributed by atoms with E-state index in [9.17, 15) is 9.90 Å². The molecule has 222 valence electrons. The molecular formula is C34H51NO5. The first-order valence-electron chi connectivity index (χ1n) is 16.4. The van der Waals surface area contributed by atoms with Gasteiger partial charge in [0, 0.05) is 31.5 Å². The number of nitrogens with zero attached hydrogens (tertiary/aromatic N) is 1. The minimum absolute atomic E-state index is 0.0826. The van der Waals surface area contributed by atoms with E-state index in [2.05, 4.69) is 24.0 Å². The summed E-state index contributed by atoms with van der Waals surface area (Å²) in [4.78, 5) is 15.4. The van der Waals surface area contributed by atoms with Crippen molar-refractivity contribution in [2.75, 3.05) is 13.3 Å². The van der Waals surface area contributed by atoms with Crippen molar-refractivity contribution in [2.45, 2.75) is 147 Å². The molecule has 0 unspecified atom stereocenters. The van der Waals surface area contributed by atoms with E-state index in [1.165, 1.54) is 94.6 Å². The van der Waals surface area contributed by atoms with E-state index in [4.69, 9.17) is 14.2 Å². The summed E-state index contributed by atoms with van der Waals surface area (Å²) in [6.07, 6.45) is 21.5. The molecule has 3 heterocycles. The smallest absolute Gasteiger partial charge is 0.306 e. The molecular weight excluding hydrogens is 502 g/mol. The minimum Gasteiger partial charge on any atom is -0.459 e. The van der Waals surface area contributed by atoms with Crippen LogP contribution in [0.1, 0.15) is 133 Å². The number of carbonyl (C=O) groups excluding carboxylic acids is 1. The summed E-state index contributed by atoms with van der Waals surface area (Å²) in [5, 5.41) is 11.1. The third kappa shape index (κ3) is 7.23. The topological polar surface area (TPSA) is 68.2 Å². The highest BCUT2D eigenvalue weighted by atomic mass is 16.7. The first kappa shape index (κ1) is 29.4. The summed E-state index contributed by atoms with van der Waals surface area (Å²) < 4.78 is 17.4. The second kappa shape index (κ2) is 14.7. The zero-order valence-corrected chi connectivity index (χ0v) is 24.7. The molecule has 3 aliphatic heterocycles. The first-order valence-corrected chi connectivity index (χ1v) is 16.4. The predicted octanol–water partition coefficient (Wildman–Crippen LogP) is 7.56. The number of hydrogen-bond acceptors (Lipinski definition) is 6. The van der Waals surface area contributed by atoms with E-state index < -0.39 is 12.2 Å². The molecule has 1 saturated heterocycles. The van der Waals surface area contributed by atoms with Crippen LogP contribution in [0.5, 0.6) is 11.5 Å². The highest BCUT2D eigenvalue weighted by Crippen LogP contribution is 2.50. The minimum atomic E-state index is -0.780. The van der Waals surface area contributed by atoms with Gasteiger partial charge in [0.2, 0.25) is 6.79 Å². The number of aliphatic hydroxyl groups excluding tert-OH is 1. The second-order valence-electron chi connectivity index (χ2n) is 12.5. The van der Waals surface area contributed by atoms with Gasteiger partial charge in [0.25, 0.3) is 0 Å². The number of ether oxygens (including phenoxy) is 3. The summed E-state index contributed by atoms with van der Waals surface area (Å²) >= 11 is 0. The summed E-state index contributed by atoms with van der Waals surface area (Å²) in [7, 11) is 0. The van der Waals surface area contributed by atoms with Gasteiger partial charge in [0.1, 0.15) is 12.2 Å². The standard InChI is InChI=1S/C34H51NO5/c1-2-3-4-5-6-7-8-9-10-11-12-13-14-15-16-17-31(37)40-34-28(36)20-25-18-19-35-23-26-21-29-30(39-24-38-29)22-27(26)32(34)33(25)35/h20-22,28,32-34,36H,2-19,23-24H2,1H3/t28-,32-,33+,34+/m0/s1. The zero-order chi connectivity index (χ0) is 27.7. The SMILES string of the molecule is CCCCCCCCCCCCCCCCCC(=O)O[C@H]1[C@H]2c3cc4c(cc3CN3CCC(=C[C@@H]1O)[C@H]23)OCO4. The van der Waals surface area contributed by atoms with E-state index in [-0.39, 0.29) is 24.7 Å². The van der Waals surface area contributed by atoms with Crippen LogP contribution in [-0.4, -0.2) is 47.6 Å². The summed E-state index contributed by atoms with van der Waals surface area (Å²) in [5.41, 5.74) is 3.58. The van der Waals surface area contributed by atoms with Crippen molar-refractivity contribution in [1.82, 2.24) is 4.90 Å². The summed E-state index contributed by atoms with van der Waals surface area (Å²) in [5.74, 6) is 1.26. The predicted molar refractivity (Wildman–Crippen MR) is 158 cm³/mol. The van der Waals surface area contributed by atoms with E-state index in [1.807, 2.05) is 6.08 Å². The Morgan fingerprint density at radius 2 is 1.50 bits per heavy atom. The molecule has 5 rings (SSSR count). The Morgan fingerprint density at radius 3 is 2.15 bits per heavy atom. The van der Waals surface area contributed by atoms with Crippen LogP contribution in [-0.2, 0) is 16.1 Å². The van der Waals surface area contributed by atoms with Gasteiger partial charge in [-0.1, -0.05) is 108 Å². The van der Waals surface area contributed by atoms with Gasteiger partial charge in [-0.05, 0) is 36.1 Å². The van der Waals surface area contributed by atoms with E-state index in [1.54, 1.807) is 0 Å². The van der Waals surface area contributed by atoms with Gasteiger partial charge in [-0.2, -0.15) is 0 Å². The first-order chi connectivity index (χ1) is 19.7. The Hall–Kier alpha value is -2.05. The molecule has 1 fully saturated rings. The van der Waals surface area contributed by atoms with Crippen LogP contribution in [0.2, 0.25) is 0 Å². The van der Waals surface area contributed by atoms with Gasteiger partial charge in [-0.3, -0.25) is 9.69 Å². The lowest BCUT2D eigenvalue weighted by Gasteiger charge is -2.45. The van der Waals surface area contributed by atoms with Crippen LogP contribution in [0, 0.1) is 0 Å². The third-order valence-electron chi connectivity index (χ3n) is 9.50. The molecule has 6 nitrogen and oxygen atoms in total. The second-order valence-corrected chi connectivity index (χ2v) is 12.5. The van der Waals surface area contributed by atoms with Crippen molar-refractivity contribution in [2.24, 2.45) is 0 Å². The highest BCUT2D eigenvalue weighted by Gasteiger charge is 2.50. The Morgan fingerprint density at radius 1 is 0.900 bits per heavy atom. The van der Waals surface area contributed by atoms with Crippen molar-refractivity contribution in [1.29, 1.82) is 0 Å². The lowest BCUT2D eigenvalue weighted by Crippen LogP contribution is -2.51. The van der Waals surface area contributed by atoms with Crippen molar-refractivity contribution >= 4 is 5.97 Å². The van der Waals surface area contributed by atoms with Crippen LogP contribution < -0.4 is 9.47 Å². The number of hydrogen-bond donors (Lipinski definition) is 1. The van der Waals surface area contributed by atoms with Crippen molar-refractivity contribution in [3.63, 3.8) is 0 Å². The maximum Gasteiger partial charge on any atom is 0.306 e. The van der Waals surface area contributed by atoms with E-state index in [0.717, 1.165) is 49.4 Å². The van der Waals surface area contributed by atoms with Gasteiger partial charge in [-0.15, -0.1) is 0 Å². The number of esters is 1. The average Bonchev–Trinajstić information content (AvgIpc) is 3.58. The van der Waals surface area contributed by atoms with E-state index in [0.29, 0.717) is 6.42 Å². The molecule has 0 aromatic heterocycles. The van der Waals surface area contributed by atoms with Gasteiger partial charge in [0.15, 0.2) is 11.5 Å². The van der Waals surface area contributed by atoms with Crippen LogP contribution in [0.15, 0.2) is 23.8 Å². The highest BCUT2D eigenvalue weighted by molar-refractivity contribution is 5.70. The molecule has 6 heteroatoms. The van der Waals surface area contributed by atoms with Gasteiger partial charge < -0.3 is 19.3 Å². The van der Waals surface area contributed by atoms with Crippen molar-refractivity contribution in [3.05, 3.63) is 34.9 Å². The quantitative estimate of drug-likeness (QED) is 0.122. The fraction of sp³-hybridized carbons (Fsp3) is 0.735. The molecule has 4 aliphatic rings. The number of unbranched alkanes of at least 4 members (excludes halogenated alkanes) is 14. The normalized spacial score (nSPS) is 24.5. The molecule has 4 atom stereocenters. The molecule has 0 saturated carbocycles. The number of fused-ring (bicyclic) bond motifs is 3. The third-order valence-corrected chi connectivity index (χ3v) is 9.50. The Balaban J connectivity index is 1.01. The number of carbonyl (C=O) groups is 1. The van der Waals surface area contributed by atoms with Crippen LogP contribution in [0.3, 0.4) is 0 Å². The largest absolute Gasteiger partial charge is 0.459 e. The number of rotatable bonds is 17. The van der Waals surface area contributed by atoms with Gasteiger partial charge >= 0.3 is 5.97 Å². The molecule has 0 bridgehead atoms. The van der Waals surface area contributed by atoms with Crippen molar-refractivity contribution < 1.29 is 24.1 Å². The number of benzene rings is 1. The van der Waals surface area contributed by atoms with Gasteiger partial charge in [0.05, 0.1) is 0 Å². The van der Waals surface area contributed by atoms with Gasteiger partial charge in [-0.25, -0.2) is 0 Å². The molecule has 0 radical (unpaired) electrons. The molecule has 1 N–H and O–H groups in total. The van der Waals surface area contributed by atoms with Crippen LogP contribution >= 0.6 is 0 Å². The zero-order valence-electron chi connectivity index (χ0n) is 24.7. The van der Waals surface area contributed by atoms with Crippen molar-refractivity contribution in [3.8, 4) is 11.5 Å². The molecule has 1 aromatic carbocycles. The number of aliphatic hydroxyl groups is 1. The lowest BCUT2D eigenvalue weighted by molar-refractivity contribution is -0.157. The Kier molecular flexibility index (Phi) is 10.8. The Bertz CT molecular complexity index is 1010.